The van der Waals surface area contributed by atoms with Crippen LogP contribution in [0.1, 0.15) is 11.5 Å². The van der Waals surface area contributed by atoms with Crippen LogP contribution in [0.3, 0.4) is 0 Å². The van der Waals surface area contributed by atoms with Gasteiger partial charge in [0.1, 0.15) is 5.75 Å². The van der Waals surface area contributed by atoms with Gasteiger partial charge in [-0.15, -0.1) is 11.8 Å². The second-order valence-corrected chi connectivity index (χ2v) is 7.27. The van der Waals surface area contributed by atoms with Crippen molar-refractivity contribution in [2.75, 3.05) is 26.0 Å². The van der Waals surface area contributed by atoms with Crippen molar-refractivity contribution in [2.45, 2.75) is 10.8 Å². The summed E-state index contributed by atoms with van der Waals surface area (Å²) in [6.45, 7) is 0.708. The predicted octanol–water partition coefficient (Wildman–Crippen LogP) is 3.11. The second-order valence-electron chi connectivity index (χ2n) is 6.22. The van der Waals surface area contributed by atoms with Crippen LogP contribution >= 0.6 is 11.8 Å². The number of rotatable bonds is 6. The first-order chi connectivity index (χ1) is 12.6. The first-order valence-electron chi connectivity index (χ1n) is 8.41. The number of nitrogens with zero attached hydrogens (tertiary/aromatic N) is 1. The Hall–Kier alpha value is -2.47. The number of carbonyl (C=O) groups is 2. The van der Waals surface area contributed by atoms with E-state index >= 15 is 0 Å². The van der Waals surface area contributed by atoms with E-state index in [2.05, 4.69) is 0 Å². The average molecular weight is 371 g/mol. The van der Waals surface area contributed by atoms with Gasteiger partial charge in [-0.1, -0.05) is 30.3 Å². The smallest absolute Gasteiger partial charge is 0.308 e. The van der Waals surface area contributed by atoms with Gasteiger partial charge in [0.2, 0.25) is 5.91 Å². The van der Waals surface area contributed by atoms with E-state index in [1.165, 1.54) is 11.8 Å². The van der Waals surface area contributed by atoms with Crippen molar-refractivity contribution in [3.63, 3.8) is 0 Å². The molecule has 0 saturated carbocycles. The first-order valence-corrected chi connectivity index (χ1v) is 9.39. The van der Waals surface area contributed by atoms with Crippen LogP contribution in [0.15, 0.2) is 59.5 Å². The molecule has 5 nitrogen and oxygen atoms in total. The molecule has 2 aromatic rings. The third kappa shape index (κ3) is 4.19. The van der Waals surface area contributed by atoms with E-state index in [-0.39, 0.29) is 18.4 Å². The maximum absolute atomic E-state index is 12.6. The fourth-order valence-electron chi connectivity index (χ4n) is 3.20. The van der Waals surface area contributed by atoms with E-state index in [1.807, 2.05) is 54.6 Å². The lowest BCUT2D eigenvalue weighted by atomic mass is 9.89. The third-order valence-electron chi connectivity index (χ3n) is 4.64. The summed E-state index contributed by atoms with van der Waals surface area (Å²) in [6, 6.07) is 17.1. The van der Waals surface area contributed by atoms with Gasteiger partial charge < -0.3 is 14.7 Å². The predicted molar refractivity (Wildman–Crippen MR) is 101 cm³/mol. The fourth-order valence-corrected chi connectivity index (χ4v) is 4.01. The number of carbonyl (C=O) groups excluding carboxylic acids is 1. The molecule has 3 rings (SSSR count). The minimum Gasteiger partial charge on any atom is -0.497 e. The molecule has 1 saturated heterocycles. The SMILES string of the molecule is COc1ccc(SCC(=O)N2CC(C(=O)O)C(c3ccccc3)C2)cc1. The summed E-state index contributed by atoms with van der Waals surface area (Å²) in [4.78, 5) is 26.9. The lowest BCUT2D eigenvalue weighted by Crippen LogP contribution is -2.31. The largest absolute Gasteiger partial charge is 0.497 e. The summed E-state index contributed by atoms with van der Waals surface area (Å²) in [5, 5.41) is 9.55. The topological polar surface area (TPSA) is 66.8 Å². The maximum Gasteiger partial charge on any atom is 0.308 e. The number of hydrogen-bond acceptors (Lipinski definition) is 4. The van der Waals surface area contributed by atoms with E-state index in [0.29, 0.717) is 12.3 Å². The number of carboxylic acids is 1. The van der Waals surface area contributed by atoms with Crippen LogP contribution in [0.4, 0.5) is 0 Å². The van der Waals surface area contributed by atoms with Crippen molar-refractivity contribution < 1.29 is 19.4 Å². The van der Waals surface area contributed by atoms with Gasteiger partial charge in [-0.3, -0.25) is 9.59 Å². The van der Waals surface area contributed by atoms with Gasteiger partial charge in [0.25, 0.3) is 0 Å². The van der Waals surface area contributed by atoms with Crippen molar-refractivity contribution >= 4 is 23.6 Å². The molecule has 1 aliphatic rings. The zero-order valence-electron chi connectivity index (χ0n) is 14.5. The number of thioether (sulfide) groups is 1. The lowest BCUT2D eigenvalue weighted by molar-refractivity contribution is -0.141. The first kappa shape index (κ1) is 18.3. The Kier molecular flexibility index (Phi) is 5.83. The van der Waals surface area contributed by atoms with Crippen LogP contribution in [0.2, 0.25) is 0 Å². The average Bonchev–Trinajstić information content (AvgIpc) is 3.13. The molecule has 136 valence electrons. The second kappa shape index (κ2) is 8.27. The molecule has 0 aliphatic carbocycles. The van der Waals surface area contributed by atoms with Crippen LogP contribution in [0, 0.1) is 5.92 Å². The summed E-state index contributed by atoms with van der Waals surface area (Å²) in [6.07, 6.45) is 0. The Bertz CT molecular complexity index is 763. The highest BCUT2D eigenvalue weighted by molar-refractivity contribution is 8.00. The van der Waals surface area contributed by atoms with Gasteiger partial charge >= 0.3 is 5.97 Å². The van der Waals surface area contributed by atoms with Crippen LogP contribution in [-0.4, -0.2) is 47.8 Å². The molecular weight excluding hydrogens is 350 g/mol. The molecule has 2 atom stereocenters. The lowest BCUT2D eigenvalue weighted by Gasteiger charge is -2.16. The number of methoxy groups -OCH3 is 1. The zero-order valence-corrected chi connectivity index (χ0v) is 15.3. The molecule has 1 N–H and O–H groups in total. The molecule has 1 amide bonds. The molecule has 1 fully saturated rings. The normalized spacial score (nSPS) is 19.3. The third-order valence-corrected chi connectivity index (χ3v) is 5.64. The summed E-state index contributed by atoms with van der Waals surface area (Å²) >= 11 is 1.45. The standard InChI is InChI=1S/C20H21NO4S/c1-25-15-7-9-16(10-8-15)26-13-19(22)21-11-17(18(12-21)20(23)24)14-5-3-2-4-6-14/h2-10,17-18H,11-13H2,1H3,(H,23,24). The fraction of sp³-hybridized carbons (Fsp3) is 0.300. The molecule has 0 bridgehead atoms. The van der Waals surface area contributed by atoms with Gasteiger partial charge in [0.05, 0.1) is 18.8 Å². The summed E-state index contributed by atoms with van der Waals surface area (Å²) < 4.78 is 5.12. The van der Waals surface area contributed by atoms with Crippen molar-refractivity contribution in [1.29, 1.82) is 0 Å². The highest BCUT2D eigenvalue weighted by Gasteiger charge is 2.40. The Morgan fingerprint density at radius 1 is 1.12 bits per heavy atom. The van der Waals surface area contributed by atoms with Crippen LogP contribution in [-0.2, 0) is 9.59 Å². The van der Waals surface area contributed by atoms with E-state index in [1.54, 1.807) is 12.0 Å². The summed E-state index contributed by atoms with van der Waals surface area (Å²) in [7, 11) is 1.61. The minimum absolute atomic E-state index is 0.0319. The quantitative estimate of drug-likeness (QED) is 0.791. The monoisotopic (exact) mass is 371 g/mol. The summed E-state index contributed by atoms with van der Waals surface area (Å²) in [5.41, 5.74) is 0.970. The molecule has 2 aromatic carbocycles. The number of aliphatic carboxylic acids is 1. The van der Waals surface area contributed by atoms with E-state index < -0.39 is 11.9 Å². The van der Waals surface area contributed by atoms with Gasteiger partial charge in [-0.05, 0) is 29.8 Å². The van der Waals surface area contributed by atoms with Crippen molar-refractivity contribution in [3.05, 3.63) is 60.2 Å². The molecule has 1 heterocycles. The van der Waals surface area contributed by atoms with Crippen molar-refractivity contribution in [1.82, 2.24) is 4.90 Å². The summed E-state index contributed by atoms with van der Waals surface area (Å²) in [5.74, 6) is -0.543. The number of ether oxygens (including phenoxy) is 1. The van der Waals surface area contributed by atoms with Crippen molar-refractivity contribution in [3.8, 4) is 5.75 Å². The molecule has 2 unspecified atom stereocenters. The van der Waals surface area contributed by atoms with Gasteiger partial charge in [-0.25, -0.2) is 0 Å². The number of benzene rings is 2. The van der Waals surface area contributed by atoms with Gasteiger partial charge in [-0.2, -0.15) is 0 Å². The van der Waals surface area contributed by atoms with E-state index in [4.69, 9.17) is 4.74 Å². The molecule has 6 heteroatoms. The minimum atomic E-state index is -0.850. The van der Waals surface area contributed by atoms with E-state index in [0.717, 1.165) is 16.2 Å². The maximum atomic E-state index is 12.6. The Labute approximate surface area is 157 Å². The van der Waals surface area contributed by atoms with Crippen LogP contribution in [0.5, 0.6) is 5.75 Å². The molecule has 26 heavy (non-hydrogen) atoms. The van der Waals surface area contributed by atoms with Crippen LogP contribution < -0.4 is 4.74 Å². The van der Waals surface area contributed by atoms with Gasteiger partial charge in [0, 0.05) is 23.9 Å². The number of likely N-dealkylation sites (tertiary alicyclic amines) is 1. The highest BCUT2D eigenvalue weighted by atomic mass is 32.2. The zero-order chi connectivity index (χ0) is 18.5. The molecule has 0 radical (unpaired) electrons. The molecular formula is C20H21NO4S. The Balaban J connectivity index is 1.63. The molecule has 1 aliphatic heterocycles. The molecule has 0 spiro atoms. The number of hydrogen-bond donors (Lipinski definition) is 1. The van der Waals surface area contributed by atoms with Crippen molar-refractivity contribution in [2.24, 2.45) is 5.92 Å². The number of amides is 1. The van der Waals surface area contributed by atoms with E-state index in [9.17, 15) is 14.7 Å². The number of carboxylic acid groups (broad SMARTS) is 1. The van der Waals surface area contributed by atoms with Gasteiger partial charge in [0.15, 0.2) is 0 Å². The Morgan fingerprint density at radius 2 is 1.81 bits per heavy atom. The Morgan fingerprint density at radius 3 is 2.42 bits per heavy atom. The highest BCUT2D eigenvalue weighted by Crippen LogP contribution is 2.33. The molecule has 0 aromatic heterocycles. The van der Waals surface area contributed by atoms with Crippen LogP contribution in [0.25, 0.3) is 0 Å².